The maximum atomic E-state index is 13.6. The molecule has 0 bridgehead atoms. The van der Waals surface area contributed by atoms with E-state index in [1.807, 2.05) is 5.32 Å². The Bertz CT molecular complexity index is 918. The average molecular weight is 382 g/mol. The molecule has 0 saturated carbocycles. The molecule has 0 unspecified atom stereocenters. The van der Waals surface area contributed by atoms with Gasteiger partial charge in [-0.15, -0.1) is 0 Å². The first-order valence-corrected chi connectivity index (χ1v) is 7.30. The SMILES string of the molecule is COC(=O)c1ccc(C(=O)OC)c(NC(=O)Nc2ccc(F)c(F)c2F)c1. The minimum Gasteiger partial charge on any atom is -0.465 e. The number of halogens is 3. The van der Waals surface area contributed by atoms with Crippen LogP contribution in [-0.4, -0.2) is 32.2 Å². The number of methoxy groups -OCH3 is 2. The first kappa shape index (κ1) is 19.8. The zero-order valence-electron chi connectivity index (χ0n) is 14.1. The molecule has 7 nitrogen and oxygen atoms in total. The van der Waals surface area contributed by atoms with Gasteiger partial charge in [-0.3, -0.25) is 0 Å². The molecule has 0 heterocycles. The van der Waals surface area contributed by atoms with E-state index in [-0.39, 0.29) is 16.8 Å². The van der Waals surface area contributed by atoms with Gasteiger partial charge in [-0.25, -0.2) is 27.6 Å². The molecule has 2 N–H and O–H groups in total. The lowest BCUT2D eigenvalue weighted by Gasteiger charge is -2.13. The van der Waals surface area contributed by atoms with Crippen molar-refractivity contribution in [3.8, 4) is 0 Å². The number of esters is 2. The van der Waals surface area contributed by atoms with Gasteiger partial charge in [0, 0.05) is 0 Å². The van der Waals surface area contributed by atoms with Gasteiger partial charge in [-0.1, -0.05) is 0 Å². The smallest absolute Gasteiger partial charge is 0.339 e. The molecule has 2 amide bonds. The highest BCUT2D eigenvalue weighted by molar-refractivity contribution is 6.06. The molecule has 27 heavy (non-hydrogen) atoms. The summed E-state index contributed by atoms with van der Waals surface area (Å²) >= 11 is 0. The number of hydrogen-bond donors (Lipinski definition) is 2. The monoisotopic (exact) mass is 382 g/mol. The van der Waals surface area contributed by atoms with Gasteiger partial charge in [0.05, 0.1) is 36.7 Å². The van der Waals surface area contributed by atoms with E-state index in [1.54, 1.807) is 0 Å². The fourth-order valence-corrected chi connectivity index (χ4v) is 2.08. The largest absolute Gasteiger partial charge is 0.465 e. The molecule has 0 saturated heterocycles. The summed E-state index contributed by atoms with van der Waals surface area (Å²) < 4.78 is 48.9. The van der Waals surface area contributed by atoms with E-state index in [4.69, 9.17) is 0 Å². The van der Waals surface area contributed by atoms with Crippen LogP contribution in [0.25, 0.3) is 0 Å². The van der Waals surface area contributed by atoms with E-state index in [0.29, 0.717) is 6.07 Å². The quantitative estimate of drug-likeness (QED) is 0.625. The van der Waals surface area contributed by atoms with Gasteiger partial charge in [-0.05, 0) is 30.3 Å². The van der Waals surface area contributed by atoms with Crippen molar-refractivity contribution < 1.29 is 37.0 Å². The number of benzene rings is 2. The van der Waals surface area contributed by atoms with Crippen molar-refractivity contribution in [1.29, 1.82) is 0 Å². The van der Waals surface area contributed by atoms with Crippen molar-refractivity contribution in [2.24, 2.45) is 0 Å². The summed E-state index contributed by atoms with van der Waals surface area (Å²) in [4.78, 5) is 35.5. The van der Waals surface area contributed by atoms with Gasteiger partial charge in [0.25, 0.3) is 0 Å². The molecule has 0 atom stereocenters. The number of carbonyl (C=O) groups is 3. The van der Waals surface area contributed by atoms with E-state index >= 15 is 0 Å². The van der Waals surface area contributed by atoms with Crippen LogP contribution in [0.4, 0.5) is 29.3 Å². The Kier molecular flexibility index (Phi) is 6.01. The topological polar surface area (TPSA) is 93.7 Å². The fourth-order valence-electron chi connectivity index (χ4n) is 2.08. The van der Waals surface area contributed by atoms with Gasteiger partial charge in [0.1, 0.15) is 0 Å². The molecule has 10 heteroatoms. The number of amides is 2. The zero-order chi connectivity index (χ0) is 20.1. The Balaban J connectivity index is 2.31. The maximum absolute atomic E-state index is 13.6. The van der Waals surface area contributed by atoms with Crippen LogP contribution < -0.4 is 10.6 Å². The van der Waals surface area contributed by atoms with Gasteiger partial charge in [0.2, 0.25) is 0 Å². The number of nitrogens with one attached hydrogen (secondary N) is 2. The normalized spacial score (nSPS) is 10.1. The number of hydrogen-bond acceptors (Lipinski definition) is 5. The van der Waals surface area contributed by atoms with Gasteiger partial charge >= 0.3 is 18.0 Å². The van der Waals surface area contributed by atoms with Crippen molar-refractivity contribution in [1.82, 2.24) is 0 Å². The Hall–Kier alpha value is -3.56. The van der Waals surface area contributed by atoms with E-state index in [1.165, 1.54) is 12.1 Å². The van der Waals surface area contributed by atoms with Crippen molar-refractivity contribution in [3.05, 3.63) is 58.9 Å². The van der Waals surface area contributed by atoms with Crippen LogP contribution in [0.2, 0.25) is 0 Å². The van der Waals surface area contributed by atoms with Crippen molar-refractivity contribution >= 4 is 29.3 Å². The summed E-state index contributed by atoms with van der Waals surface area (Å²) in [6, 6.07) is 4.00. The highest BCUT2D eigenvalue weighted by atomic mass is 19.2. The second kappa shape index (κ2) is 8.21. The van der Waals surface area contributed by atoms with E-state index in [9.17, 15) is 27.6 Å². The zero-order valence-corrected chi connectivity index (χ0v) is 14.1. The summed E-state index contributed by atoms with van der Waals surface area (Å²) in [5, 5.41) is 4.19. The van der Waals surface area contributed by atoms with E-state index in [0.717, 1.165) is 26.4 Å². The Labute approximate surface area is 151 Å². The molecule has 142 valence electrons. The minimum atomic E-state index is -1.75. The Morgan fingerprint density at radius 3 is 2.07 bits per heavy atom. The van der Waals surface area contributed by atoms with E-state index in [2.05, 4.69) is 14.8 Å². The molecule has 0 aliphatic rings. The molecule has 0 radical (unpaired) electrons. The molecule has 0 aromatic heterocycles. The van der Waals surface area contributed by atoms with Crippen LogP contribution in [0.3, 0.4) is 0 Å². The molecular weight excluding hydrogens is 369 g/mol. The lowest BCUT2D eigenvalue weighted by molar-refractivity contribution is 0.0587. The standard InChI is InChI=1S/C17H13F3N2O5/c1-26-15(23)8-3-4-9(16(24)27-2)12(7-8)22-17(25)21-11-6-5-10(18)13(19)14(11)20/h3-7H,1-2H3,(H2,21,22,25). The lowest BCUT2D eigenvalue weighted by Crippen LogP contribution is -2.22. The van der Waals surface area contributed by atoms with Crippen LogP contribution in [0.15, 0.2) is 30.3 Å². The maximum Gasteiger partial charge on any atom is 0.339 e. The van der Waals surface area contributed by atoms with Crippen LogP contribution in [0.1, 0.15) is 20.7 Å². The van der Waals surface area contributed by atoms with Crippen LogP contribution >= 0.6 is 0 Å². The molecule has 0 aliphatic carbocycles. The van der Waals surface area contributed by atoms with Crippen molar-refractivity contribution in [2.75, 3.05) is 24.9 Å². The first-order chi connectivity index (χ1) is 12.8. The number of ether oxygens (including phenoxy) is 2. The van der Waals surface area contributed by atoms with Gasteiger partial charge < -0.3 is 20.1 Å². The number of urea groups is 1. The summed E-state index contributed by atoms with van der Waals surface area (Å²) in [6.07, 6.45) is 0. The number of carbonyl (C=O) groups excluding carboxylic acids is 3. The summed E-state index contributed by atoms with van der Waals surface area (Å²) in [5.41, 5.74) is -0.870. The molecule has 0 fully saturated rings. The third kappa shape index (κ3) is 4.35. The predicted octanol–water partition coefficient (Wildman–Crippen LogP) is 3.32. The number of rotatable bonds is 4. The fraction of sp³-hybridized carbons (Fsp3) is 0.118. The predicted molar refractivity (Wildman–Crippen MR) is 88.1 cm³/mol. The third-order valence-electron chi connectivity index (χ3n) is 3.38. The minimum absolute atomic E-state index is 0.0134. The number of anilines is 2. The third-order valence-corrected chi connectivity index (χ3v) is 3.38. The van der Waals surface area contributed by atoms with Gasteiger partial charge in [0.15, 0.2) is 17.5 Å². The molecule has 2 aromatic carbocycles. The molecule has 2 aromatic rings. The summed E-state index contributed by atoms with van der Waals surface area (Å²) in [6.45, 7) is 0. The van der Waals surface area contributed by atoms with Crippen LogP contribution in [0, 0.1) is 17.5 Å². The highest BCUT2D eigenvalue weighted by Crippen LogP contribution is 2.22. The van der Waals surface area contributed by atoms with Gasteiger partial charge in [-0.2, -0.15) is 0 Å². The molecule has 0 spiro atoms. The Morgan fingerprint density at radius 2 is 1.44 bits per heavy atom. The molecule has 2 rings (SSSR count). The Morgan fingerprint density at radius 1 is 0.815 bits per heavy atom. The van der Waals surface area contributed by atoms with E-state index < -0.39 is 41.1 Å². The molecular formula is C17H13F3N2O5. The summed E-state index contributed by atoms with van der Waals surface area (Å²) in [7, 11) is 2.25. The second-order valence-corrected chi connectivity index (χ2v) is 5.05. The van der Waals surface area contributed by atoms with Crippen LogP contribution in [-0.2, 0) is 9.47 Å². The van der Waals surface area contributed by atoms with Crippen LogP contribution in [0.5, 0.6) is 0 Å². The first-order valence-electron chi connectivity index (χ1n) is 7.30. The summed E-state index contributed by atoms with van der Waals surface area (Å²) in [5.74, 6) is -6.32. The highest BCUT2D eigenvalue weighted by Gasteiger charge is 2.19. The van der Waals surface area contributed by atoms with Crippen molar-refractivity contribution in [2.45, 2.75) is 0 Å². The average Bonchev–Trinajstić information content (AvgIpc) is 2.67. The second-order valence-electron chi connectivity index (χ2n) is 5.05. The van der Waals surface area contributed by atoms with Crippen molar-refractivity contribution in [3.63, 3.8) is 0 Å². The molecule has 0 aliphatic heterocycles. The lowest BCUT2D eigenvalue weighted by atomic mass is 10.1.